The van der Waals surface area contributed by atoms with Gasteiger partial charge in [0.15, 0.2) is 0 Å². The van der Waals surface area contributed by atoms with Crippen LogP contribution in [0, 0.1) is 6.07 Å². The van der Waals surface area contributed by atoms with E-state index in [0.29, 0.717) is 4.47 Å². The summed E-state index contributed by atoms with van der Waals surface area (Å²) in [6, 6.07) is 4.27. The van der Waals surface area contributed by atoms with Gasteiger partial charge in [-0.15, -0.1) is 0 Å². The fourth-order valence-corrected chi connectivity index (χ4v) is 0.603. The Morgan fingerprint density at radius 3 is 2.88 bits per heavy atom. The second-order valence-electron chi connectivity index (χ2n) is 1.28. The molecule has 2 nitrogen and oxygen atoms in total. The minimum atomic E-state index is -0.122. The van der Waals surface area contributed by atoms with Crippen LogP contribution in [0.2, 0.25) is 0 Å². The minimum Gasteiger partial charge on any atom is -0.328 e. The predicted molar refractivity (Wildman–Crippen MR) is 33.6 cm³/mol. The Morgan fingerprint density at radius 2 is 2.50 bits per heavy atom. The van der Waals surface area contributed by atoms with Crippen molar-refractivity contribution in [3.8, 4) is 0 Å². The van der Waals surface area contributed by atoms with E-state index >= 15 is 0 Å². The van der Waals surface area contributed by atoms with Gasteiger partial charge >= 0.3 is 0 Å². The summed E-state index contributed by atoms with van der Waals surface area (Å²) in [5, 5.41) is 0. The Kier molecular flexibility index (Phi) is 1.48. The highest BCUT2D eigenvalue weighted by Gasteiger charge is 1.86. The minimum absolute atomic E-state index is 0.122. The van der Waals surface area contributed by atoms with Crippen molar-refractivity contribution in [2.75, 3.05) is 0 Å². The lowest BCUT2D eigenvalue weighted by molar-refractivity contribution is 1.21. The summed E-state index contributed by atoms with van der Waals surface area (Å²) >= 11 is 3.02. The van der Waals surface area contributed by atoms with Gasteiger partial charge in [-0.3, -0.25) is 4.79 Å². The van der Waals surface area contributed by atoms with Crippen molar-refractivity contribution >= 4 is 15.9 Å². The molecule has 41 valence electrons. The number of halogens is 1. The van der Waals surface area contributed by atoms with Crippen LogP contribution in [-0.4, -0.2) is 4.98 Å². The highest BCUT2D eigenvalue weighted by atomic mass is 79.9. The summed E-state index contributed by atoms with van der Waals surface area (Å²) < 4.78 is 0.514. The maximum Gasteiger partial charge on any atom is 0.262 e. The van der Waals surface area contributed by atoms with Crippen LogP contribution in [0.25, 0.3) is 0 Å². The van der Waals surface area contributed by atoms with E-state index < -0.39 is 0 Å². The van der Waals surface area contributed by atoms with Gasteiger partial charge in [0.1, 0.15) is 0 Å². The zero-order valence-corrected chi connectivity index (χ0v) is 5.53. The van der Waals surface area contributed by atoms with Crippen LogP contribution in [0.4, 0.5) is 0 Å². The van der Waals surface area contributed by atoms with Gasteiger partial charge in [-0.1, -0.05) is 0 Å². The third-order valence-corrected chi connectivity index (χ3v) is 1.30. The number of nitrogens with one attached hydrogen (secondary N) is 1. The maximum absolute atomic E-state index is 10.5. The molecule has 0 aliphatic heterocycles. The van der Waals surface area contributed by atoms with Crippen LogP contribution in [0.15, 0.2) is 21.5 Å². The summed E-state index contributed by atoms with van der Waals surface area (Å²) in [6.07, 6.45) is 1.47. The summed E-state index contributed by atoms with van der Waals surface area (Å²) in [5.41, 5.74) is -0.122. The van der Waals surface area contributed by atoms with Crippen LogP contribution in [-0.2, 0) is 0 Å². The Labute approximate surface area is 54.7 Å². The third kappa shape index (κ3) is 0.980. The average Bonchev–Trinajstić information content (AvgIpc) is 1.77. The number of aromatic nitrogens is 1. The quantitative estimate of drug-likeness (QED) is 0.622. The Bertz CT molecular complexity index is 230. The topological polar surface area (TPSA) is 32.9 Å². The van der Waals surface area contributed by atoms with E-state index in [4.69, 9.17) is 0 Å². The molecule has 1 aromatic rings. The van der Waals surface area contributed by atoms with Gasteiger partial charge in [0.2, 0.25) is 0 Å². The number of hydrogen-bond donors (Lipinski definition) is 1. The molecular formula is C5H3BrNO. The molecule has 3 heteroatoms. The molecule has 0 fully saturated rings. The van der Waals surface area contributed by atoms with Crippen molar-refractivity contribution in [3.05, 3.63) is 33.2 Å². The number of aromatic amines is 1. The molecule has 0 saturated heterocycles. The molecule has 8 heavy (non-hydrogen) atoms. The molecule has 0 aromatic carbocycles. The molecule has 1 radical (unpaired) electrons. The van der Waals surface area contributed by atoms with Gasteiger partial charge in [0.05, 0.1) is 4.47 Å². The molecule has 0 aliphatic rings. The third-order valence-electron chi connectivity index (χ3n) is 0.714. The number of rotatable bonds is 0. The van der Waals surface area contributed by atoms with Crippen molar-refractivity contribution < 1.29 is 0 Å². The molecule has 0 bridgehead atoms. The SMILES string of the molecule is O=c1[nH]c[c]cc1Br. The summed E-state index contributed by atoms with van der Waals surface area (Å²) in [7, 11) is 0. The van der Waals surface area contributed by atoms with Gasteiger partial charge in [0.25, 0.3) is 5.56 Å². The lowest BCUT2D eigenvalue weighted by Crippen LogP contribution is -2.03. The number of H-pyrrole nitrogens is 1. The molecule has 0 amide bonds. The van der Waals surface area contributed by atoms with Gasteiger partial charge in [-0.25, -0.2) is 0 Å². The van der Waals surface area contributed by atoms with E-state index in [1.54, 1.807) is 6.07 Å². The maximum atomic E-state index is 10.5. The second-order valence-corrected chi connectivity index (χ2v) is 2.13. The van der Waals surface area contributed by atoms with Crippen LogP contribution < -0.4 is 5.56 Å². The van der Waals surface area contributed by atoms with Gasteiger partial charge in [-0.2, -0.15) is 0 Å². The first-order valence-electron chi connectivity index (χ1n) is 2.05. The van der Waals surface area contributed by atoms with E-state index in [1.165, 1.54) is 6.20 Å². The molecule has 0 saturated carbocycles. The zero-order chi connectivity index (χ0) is 5.98. The van der Waals surface area contributed by atoms with Crippen molar-refractivity contribution in [3.63, 3.8) is 0 Å². The van der Waals surface area contributed by atoms with E-state index in [2.05, 4.69) is 27.0 Å². The molecule has 0 atom stereocenters. The average molecular weight is 173 g/mol. The van der Waals surface area contributed by atoms with Crippen molar-refractivity contribution in [1.29, 1.82) is 0 Å². The molecule has 1 rings (SSSR count). The van der Waals surface area contributed by atoms with Gasteiger partial charge < -0.3 is 4.98 Å². The van der Waals surface area contributed by atoms with Gasteiger partial charge in [0, 0.05) is 12.3 Å². The summed E-state index contributed by atoms with van der Waals surface area (Å²) in [4.78, 5) is 12.9. The lowest BCUT2D eigenvalue weighted by atomic mass is 10.5. The Hall–Kier alpha value is -0.570. The van der Waals surface area contributed by atoms with E-state index in [9.17, 15) is 4.79 Å². The summed E-state index contributed by atoms with van der Waals surface area (Å²) in [5.74, 6) is 0. The number of pyridine rings is 1. The lowest BCUT2D eigenvalue weighted by Gasteiger charge is -1.81. The molecule has 0 unspecified atom stereocenters. The van der Waals surface area contributed by atoms with Crippen molar-refractivity contribution in [2.45, 2.75) is 0 Å². The molecule has 0 spiro atoms. The largest absolute Gasteiger partial charge is 0.328 e. The van der Waals surface area contributed by atoms with Gasteiger partial charge in [-0.05, 0) is 22.0 Å². The molecule has 1 heterocycles. The smallest absolute Gasteiger partial charge is 0.262 e. The number of hydrogen-bond acceptors (Lipinski definition) is 1. The monoisotopic (exact) mass is 172 g/mol. The highest BCUT2D eigenvalue weighted by Crippen LogP contribution is 1.96. The standard InChI is InChI=1S/C5H3BrNO/c6-4-2-1-3-7-5(4)8/h2-3H,(H,7,8). The van der Waals surface area contributed by atoms with Crippen molar-refractivity contribution in [2.24, 2.45) is 0 Å². The van der Waals surface area contributed by atoms with E-state index in [-0.39, 0.29) is 5.56 Å². The van der Waals surface area contributed by atoms with Crippen molar-refractivity contribution in [1.82, 2.24) is 4.98 Å². The Balaban J connectivity index is 3.35. The normalized spacial score (nSPS) is 9.12. The highest BCUT2D eigenvalue weighted by molar-refractivity contribution is 9.10. The predicted octanol–water partition coefficient (Wildman–Crippen LogP) is 0.938. The van der Waals surface area contributed by atoms with E-state index in [1.807, 2.05) is 0 Å². The fourth-order valence-electron chi connectivity index (χ4n) is 0.357. The van der Waals surface area contributed by atoms with Crippen LogP contribution >= 0.6 is 15.9 Å². The first kappa shape index (κ1) is 5.56. The second kappa shape index (κ2) is 2.13. The Morgan fingerprint density at radius 1 is 1.75 bits per heavy atom. The van der Waals surface area contributed by atoms with E-state index in [0.717, 1.165) is 0 Å². The molecule has 0 aliphatic carbocycles. The molecule has 1 N–H and O–H groups in total. The van der Waals surface area contributed by atoms with Crippen LogP contribution in [0.3, 0.4) is 0 Å². The summed E-state index contributed by atoms with van der Waals surface area (Å²) in [6.45, 7) is 0. The molecular weight excluding hydrogens is 170 g/mol. The van der Waals surface area contributed by atoms with Crippen LogP contribution in [0.1, 0.15) is 0 Å². The first-order chi connectivity index (χ1) is 3.80. The molecule has 1 aromatic heterocycles. The fraction of sp³-hybridized carbons (Fsp3) is 0. The first-order valence-corrected chi connectivity index (χ1v) is 2.84. The van der Waals surface area contributed by atoms with Crippen LogP contribution in [0.5, 0.6) is 0 Å². The zero-order valence-electron chi connectivity index (χ0n) is 3.94.